The zero-order valence-electron chi connectivity index (χ0n) is 15.3. The van der Waals surface area contributed by atoms with Crippen LogP contribution in [-0.4, -0.2) is 23.9 Å². The van der Waals surface area contributed by atoms with Gasteiger partial charge in [-0.15, -0.1) is 0 Å². The molecule has 6 heteroatoms. The van der Waals surface area contributed by atoms with Gasteiger partial charge in [0.05, 0.1) is 18.7 Å². The fourth-order valence-electron chi connectivity index (χ4n) is 3.14. The highest BCUT2D eigenvalue weighted by molar-refractivity contribution is 6.16. The Kier molecular flexibility index (Phi) is 4.99. The molecule has 0 saturated heterocycles. The van der Waals surface area contributed by atoms with E-state index in [1.807, 2.05) is 0 Å². The number of halogens is 1. The van der Waals surface area contributed by atoms with Crippen molar-refractivity contribution >= 4 is 17.4 Å². The standard InChI is InChI=1S/C21H20FNO4/c1-12(2)19(24)17-18(13-4-10-16(27-3)11-5-13)23(21(26)20(17)25)15-8-6-14(22)7-9-15/h4-12,18,25H,1-3H3. The van der Waals surface area contributed by atoms with Crippen molar-refractivity contribution in [1.29, 1.82) is 0 Å². The van der Waals surface area contributed by atoms with Crippen LogP contribution >= 0.6 is 0 Å². The summed E-state index contributed by atoms with van der Waals surface area (Å²) in [6.07, 6.45) is 0. The van der Waals surface area contributed by atoms with Gasteiger partial charge in [0.1, 0.15) is 11.6 Å². The first-order chi connectivity index (χ1) is 12.8. The smallest absolute Gasteiger partial charge is 0.294 e. The van der Waals surface area contributed by atoms with E-state index in [1.165, 1.54) is 29.2 Å². The second-order valence-electron chi connectivity index (χ2n) is 6.61. The summed E-state index contributed by atoms with van der Waals surface area (Å²) in [6, 6.07) is 11.5. The average Bonchev–Trinajstić information content (AvgIpc) is 2.93. The van der Waals surface area contributed by atoms with Gasteiger partial charge in [0.25, 0.3) is 5.91 Å². The Hall–Kier alpha value is -3.15. The highest BCUT2D eigenvalue weighted by Gasteiger charge is 2.44. The Morgan fingerprint density at radius 1 is 1.11 bits per heavy atom. The number of carbonyl (C=O) groups excluding carboxylic acids is 2. The van der Waals surface area contributed by atoms with Crippen molar-refractivity contribution in [3.63, 3.8) is 0 Å². The fourth-order valence-corrected chi connectivity index (χ4v) is 3.14. The molecule has 1 aliphatic rings. The van der Waals surface area contributed by atoms with Crippen LogP contribution in [0.4, 0.5) is 10.1 Å². The number of carbonyl (C=O) groups is 2. The van der Waals surface area contributed by atoms with Gasteiger partial charge in [-0.2, -0.15) is 0 Å². The lowest BCUT2D eigenvalue weighted by Crippen LogP contribution is -2.31. The monoisotopic (exact) mass is 369 g/mol. The number of ether oxygens (including phenoxy) is 1. The predicted octanol–water partition coefficient (Wildman–Crippen LogP) is 3.96. The second-order valence-corrected chi connectivity index (χ2v) is 6.61. The quantitative estimate of drug-likeness (QED) is 0.866. The molecule has 1 aliphatic heterocycles. The summed E-state index contributed by atoms with van der Waals surface area (Å²) >= 11 is 0. The third-order valence-corrected chi connectivity index (χ3v) is 4.53. The number of amides is 1. The number of rotatable bonds is 5. The van der Waals surface area contributed by atoms with E-state index in [2.05, 4.69) is 0 Å². The van der Waals surface area contributed by atoms with Gasteiger partial charge in [0.15, 0.2) is 11.5 Å². The van der Waals surface area contributed by atoms with Gasteiger partial charge in [-0.05, 0) is 42.0 Å². The molecule has 2 aromatic rings. The first-order valence-corrected chi connectivity index (χ1v) is 8.55. The Morgan fingerprint density at radius 2 is 1.70 bits per heavy atom. The predicted molar refractivity (Wildman–Crippen MR) is 99.1 cm³/mol. The molecule has 0 aliphatic carbocycles. The zero-order valence-corrected chi connectivity index (χ0v) is 15.3. The maximum absolute atomic E-state index is 13.3. The highest BCUT2D eigenvalue weighted by Crippen LogP contribution is 2.42. The number of aliphatic hydroxyl groups excluding tert-OH is 1. The van der Waals surface area contributed by atoms with Crippen LogP contribution in [0.15, 0.2) is 59.9 Å². The lowest BCUT2D eigenvalue weighted by molar-refractivity contribution is -0.119. The normalized spacial score (nSPS) is 17.0. The minimum Gasteiger partial charge on any atom is -0.503 e. The molecule has 140 valence electrons. The molecule has 0 radical (unpaired) electrons. The van der Waals surface area contributed by atoms with Crippen molar-refractivity contribution in [1.82, 2.24) is 0 Å². The number of hydrogen-bond acceptors (Lipinski definition) is 4. The largest absolute Gasteiger partial charge is 0.503 e. The van der Waals surface area contributed by atoms with Crippen LogP contribution in [0, 0.1) is 11.7 Å². The first kappa shape index (κ1) is 18.6. The van der Waals surface area contributed by atoms with Crippen LogP contribution in [0.1, 0.15) is 25.5 Å². The Labute approximate surface area is 156 Å². The first-order valence-electron chi connectivity index (χ1n) is 8.55. The molecule has 1 N–H and O–H groups in total. The Bertz CT molecular complexity index is 901. The van der Waals surface area contributed by atoms with Crippen molar-refractivity contribution in [2.75, 3.05) is 12.0 Å². The van der Waals surface area contributed by atoms with Crippen LogP contribution in [0.3, 0.4) is 0 Å². The molecule has 0 fully saturated rings. The number of Topliss-reactive ketones (excluding diaryl/α,β-unsaturated/α-hetero) is 1. The summed E-state index contributed by atoms with van der Waals surface area (Å²) in [6.45, 7) is 3.41. The van der Waals surface area contributed by atoms with E-state index in [4.69, 9.17) is 4.74 Å². The molecule has 1 atom stereocenters. The van der Waals surface area contributed by atoms with E-state index in [9.17, 15) is 19.1 Å². The molecule has 27 heavy (non-hydrogen) atoms. The zero-order chi connectivity index (χ0) is 19.7. The number of ketones is 1. The van der Waals surface area contributed by atoms with E-state index in [0.717, 1.165) is 0 Å². The molecular weight excluding hydrogens is 349 g/mol. The molecule has 0 aromatic heterocycles. The van der Waals surface area contributed by atoms with Gasteiger partial charge in [0, 0.05) is 11.6 Å². The summed E-state index contributed by atoms with van der Waals surface area (Å²) in [5.74, 6) is -1.79. The van der Waals surface area contributed by atoms with Crippen LogP contribution < -0.4 is 9.64 Å². The van der Waals surface area contributed by atoms with Gasteiger partial charge in [-0.1, -0.05) is 26.0 Å². The van der Waals surface area contributed by atoms with Crippen LogP contribution in [0.2, 0.25) is 0 Å². The number of hydrogen-bond donors (Lipinski definition) is 1. The number of nitrogens with zero attached hydrogens (tertiary/aromatic N) is 1. The molecule has 3 rings (SSSR count). The van der Waals surface area contributed by atoms with E-state index >= 15 is 0 Å². The number of anilines is 1. The number of aliphatic hydroxyl groups is 1. The maximum atomic E-state index is 13.3. The topological polar surface area (TPSA) is 66.8 Å². The third-order valence-electron chi connectivity index (χ3n) is 4.53. The summed E-state index contributed by atoms with van der Waals surface area (Å²) in [5, 5.41) is 10.5. The fraction of sp³-hybridized carbons (Fsp3) is 0.238. The van der Waals surface area contributed by atoms with Crippen molar-refractivity contribution in [2.45, 2.75) is 19.9 Å². The number of methoxy groups -OCH3 is 1. The number of benzene rings is 2. The minimum absolute atomic E-state index is 0.0458. The lowest BCUT2D eigenvalue weighted by atomic mass is 9.91. The average molecular weight is 369 g/mol. The Morgan fingerprint density at radius 3 is 2.22 bits per heavy atom. The molecular formula is C21H20FNO4. The Balaban J connectivity index is 2.15. The summed E-state index contributed by atoms with van der Waals surface area (Å²) in [5.41, 5.74) is 1.08. The van der Waals surface area contributed by atoms with E-state index in [0.29, 0.717) is 17.0 Å². The van der Waals surface area contributed by atoms with Crippen LogP contribution in [0.25, 0.3) is 0 Å². The van der Waals surface area contributed by atoms with Gasteiger partial charge < -0.3 is 9.84 Å². The molecule has 2 aromatic carbocycles. The SMILES string of the molecule is COc1ccc(C2C(C(=O)C(C)C)=C(O)C(=O)N2c2ccc(F)cc2)cc1. The van der Waals surface area contributed by atoms with Crippen molar-refractivity contribution in [2.24, 2.45) is 5.92 Å². The van der Waals surface area contributed by atoms with Crippen LogP contribution in [0.5, 0.6) is 5.75 Å². The van der Waals surface area contributed by atoms with Crippen molar-refractivity contribution in [3.05, 3.63) is 71.2 Å². The summed E-state index contributed by atoms with van der Waals surface area (Å²) in [7, 11) is 1.54. The molecule has 0 bridgehead atoms. The lowest BCUT2D eigenvalue weighted by Gasteiger charge is -2.27. The molecule has 0 saturated carbocycles. The van der Waals surface area contributed by atoms with Gasteiger partial charge >= 0.3 is 0 Å². The van der Waals surface area contributed by atoms with Gasteiger partial charge in [-0.3, -0.25) is 14.5 Å². The second kappa shape index (κ2) is 7.23. The van der Waals surface area contributed by atoms with E-state index in [-0.39, 0.29) is 11.4 Å². The minimum atomic E-state index is -0.802. The van der Waals surface area contributed by atoms with E-state index in [1.54, 1.807) is 45.2 Å². The summed E-state index contributed by atoms with van der Waals surface area (Å²) < 4.78 is 18.5. The van der Waals surface area contributed by atoms with Gasteiger partial charge in [0.2, 0.25) is 0 Å². The maximum Gasteiger partial charge on any atom is 0.294 e. The molecule has 1 amide bonds. The molecule has 1 heterocycles. The van der Waals surface area contributed by atoms with Crippen molar-refractivity contribution in [3.8, 4) is 5.75 Å². The van der Waals surface area contributed by atoms with E-state index < -0.39 is 29.4 Å². The highest BCUT2D eigenvalue weighted by atomic mass is 19.1. The molecule has 0 spiro atoms. The molecule has 5 nitrogen and oxygen atoms in total. The van der Waals surface area contributed by atoms with Crippen LogP contribution in [-0.2, 0) is 9.59 Å². The van der Waals surface area contributed by atoms with Gasteiger partial charge in [-0.25, -0.2) is 4.39 Å². The molecule has 1 unspecified atom stereocenters. The van der Waals surface area contributed by atoms with Crippen molar-refractivity contribution < 1.29 is 23.8 Å². The third kappa shape index (κ3) is 3.30. The summed E-state index contributed by atoms with van der Waals surface area (Å²) in [4.78, 5) is 26.9.